The van der Waals surface area contributed by atoms with Crippen molar-refractivity contribution in [2.75, 3.05) is 24.7 Å². The zero-order valence-corrected chi connectivity index (χ0v) is 16.1. The first-order valence-electron chi connectivity index (χ1n) is 9.57. The van der Waals surface area contributed by atoms with Crippen LogP contribution in [0, 0.1) is 11.8 Å². The zero-order valence-electron chi connectivity index (χ0n) is 16.1. The van der Waals surface area contributed by atoms with Gasteiger partial charge in [0.25, 0.3) is 0 Å². The molecule has 0 spiro atoms. The molecule has 7 nitrogen and oxygen atoms in total. The van der Waals surface area contributed by atoms with Gasteiger partial charge in [-0.1, -0.05) is 0 Å². The normalized spacial score (nSPS) is 16.9. The van der Waals surface area contributed by atoms with E-state index in [0.717, 1.165) is 6.07 Å². The van der Waals surface area contributed by atoms with Crippen LogP contribution >= 0.6 is 0 Å². The number of pyridine rings is 3. The zero-order chi connectivity index (χ0) is 20.7. The number of aromatic nitrogens is 5. The first-order chi connectivity index (χ1) is 14.6. The lowest BCUT2D eigenvalue weighted by Crippen LogP contribution is -2.44. The fourth-order valence-electron chi connectivity index (χ4n) is 3.77. The standard InChI is InChI=1S/C21H18F2N6O/c1-12-11-30-7-6-29(12)19-8-14(15-10-25-18(23)9-16(15)22)13-2-4-24-21(20(13)27-19)17-3-5-26-28-17/h2-5,8-10,12H,6-7,11H2,1H3,(H,26,28)/t12-/m1/s1. The van der Waals surface area contributed by atoms with Crippen molar-refractivity contribution < 1.29 is 13.5 Å². The predicted octanol–water partition coefficient (Wildman–Crippen LogP) is 3.59. The maximum Gasteiger partial charge on any atom is 0.215 e. The highest BCUT2D eigenvalue weighted by atomic mass is 19.1. The molecule has 1 N–H and O–H groups in total. The molecule has 0 aliphatic carbocycles. The average molecular weight is 408 g/mol. The largest absolute Gasteiger partial charge is 0.377 e. The van der Waals surface area contributed by atoms with Gasteiger partial charge in [0.05, 0.1) is 24.9 Å². The molecule has 5 heterocycles. The van der Waals surface area contributed by atoms with Crippen molar-refractivity contribution >= 4 is 16.7 Å². The second kappa shape index (κ2) is 7.42. The van der Waals surface area contributed by atoms with Crippen molar-refractivity contribution in [1.82, 2.24) is 25.1 Å². The quantitative estimate of drug-likeness (QED) is 0.522. The Labute approximate surface area is 170 Å². The van der Waals surface area contributed by atoms with Gasteiger partial charge in [-0.2, -0.15) is 9.49 Å². The fraction of sp³-hybridized carbons (Fsp3) is 0.238. The van der Waals surface area contributed by atoms with E-state index < -0.39 is 11.8 Å². The molecule has 4 aromatic heterocycles. The summed E-state index contributed by atoms with van der Waals surface area (Å²) in [5.41, 5.74) is 2.67. The Morgan fingerprint density at radius 3 is 2.80 bits per heavy atom. The number of halogens is 2. The minimum absolute atomic E-state index is 0.0972. The molecule has 1 aliphatic heterocycles. The van der Waals surface area contributed by atoms with Gasteiger partial charge in [0.15, 0.2) is 0 Å². The number of aromatic amines is 1. The van der Waals surface area contributed by atoms with E-state index in [-0.39, 0.29) is 11.6 Å². The second-order valence-corrected chi connectivity index (χ2v) is 7.16. The van der Waals surface area contributed by atoms with E-state index in [2.05, 4.69) is 25.1 Å². The topological polar surface area (TPSA) is 79.8 Å². The molecule has 0 saturated carbocycles. The van der Waals surface area contributed by atoms with E-state index in [0.29, 0.717) is 53.4 Å². The Morgan fingerprint density at radius 1 is 1.13 bits per heavy atom. The third kappa shape index (κ3) is 3.17. The summed E-state index contributed by atoms with van der Waals surface area (Å²) in [4.78, 5) is 15.1. The molecule has 152 valence electrons. The van der Waals surface area contributed by atoms with Crippen molar-refractivity contribution in [2.24, 2.45) is 0 Å². The first-order valence-corrected chi connectivity index (χ1v) is 9.57. The number of rotatable bonds is 3. The molecule has 5 rings (SSSR count). The Balaban J connectivity index is 1.80. The van der Waals surface area contributed by atoms with E-state index >= 15 is 0 Å². The van der Waals surface area contributed by atoms with E-state index in [1.807, 2.05) is 13.0 Å². The van der Waals surface area contributed by atoms with Crippen LogP contribution in [0.3, 0.4) is 0 Å². The van der Waals surface area contributed by atoms with Gasteiger partial charge in [-0.3, -0.25) is 10.1 Å². The van der Waals surface area contributed by atoms with Gasteiger partial charge in [-0.05, 0) is 30.7 Å². The van der Waals surface area contributed by atoms with Crippen LogP contribution in [-0.4, -0.2) is 50.9 Å². The average Bonchev–Trinajstić information content (AvgIpc) is 3.28. The van der Waals surface area contributed by atoms with E-state index in [4.69, 9.17) is 9.72 Å². The van der Waals surface area contributed by atoms with Crippen molar-refractivity contribution in [3.05, 3.63) is 54.6 Å². The number of fused-ring (bicyclic) bond motifs is 1. The summed E-state index contributed by atoms with van der Waals surface area (Å²) in [5.74, 6) is -0.877. The maximum atomic E-state index is 14.7. The second-order valence-electron chi connectivity index (χ2n) is 7.16. The van der Waals surface area contributed by atoms with Gasteiger partial charge in [0.1, 0.15) is 22.8 Å². The SMILES string of the molecule is C[C@@H]1COCCN1c1cc(-c2cnc(F)cc2F)c2ccnc(-c3ccn[nH]3)c2n1. The number of anilines is 1. The van der Waals surface area contributed by atoms with Gasteiger partial charge in [0, 0.05) is 42.2 Å². The molecule has 1 fully saturated rings. The van der Waals surface area contributed by atoms with Crippen LogP contribution in [0.1, 0.15) is 6.92 Å². The molecule has 0 aromatic carbocycles. The maximum absolute atomic E-state index is 14.7. The molecule has 30 heavy (non-hydrogen) atoms. The summed E-state index contributed by atoms with van der Waals surface area (Å²) in [6.45, 7) is 3.85. The van der Waals surface area contributed by atoms with E-state index in [9.17, 15) is 8.78 Å². The van der Waals surface area contributed by atoms with Crippen LogP contribution in [0.15, 0.2) is 42.9 Å². The molecule has 1 saturated heterocycles. The molecule has 9 heteroatoms. The summed E-state index contributed by atoms with van der Waals surface area (Å²) in [6, 6.07) is 6.27. The van der Waals surface area contributed by atoms with Gasteiger partial charge in [-0.15, -0.1) is 0 Å². The van der Waals surface area contributed by atoms with Crippen LogP contribution in [0.25, 0.3) is 33.4 Å². The number of nitrogens with one attached hydrogen (secondary N) is 1. The van der Waals surface area contributed by atoms with Crippen LogP contribution < -0.4 is 4.90 Å². The van der Waals surface area contributed by atoms with Crippen molar-refractivity contribution in [2.45, 2.75) is 13.0 Å². The lowest BCUT2D eigenvalue weighted by Gasteiger charge is -2.34. The fourth-order valence-corrected chi connectivity index (χ4v) is 3.77. The van der Waals surface area contributed by atoms with Gasteiger partial charge in [-0.25, -0.2) is 14.4 Å². The van der Waals surface area contributed by atoms with Crippen molar-refractivity contribution in [3.8, 4) is 22.5 Å². The third-order valence-electron chi connectivity index (χ3n) is 5.24. The smallest absolute Gasteiger partial charge is 0.215 e. The van der Waals surface area contributed by atoms with E-state index in [1.54, 1.807) is 24.5 Å². The van der Waals surface area contributed by atoms with Gasteiger partial charge in [0.2, 0.25) is 5.95 Å². The minimum atomic E-state index is -0.864. The van der Waals surface area contributed by atoms with Crippen LogP contribution in [0.2, 0.25) is 0 Å². The van der Waals surface area contributed by atoms with Crippen molar-refractivity contribution in [3.63, 3.8) is 0 Å². The molecular formula is C21H18F2N6O. The van der Waals surface area contributed by atoms with Gasteiger partial charge < -0.3 is 9.64 Å². The summed E-state index contributed by atoms with van der Waals surface area (Å²) < 4.78 is 33.7. The molecule has 0 unspecified atom stereocenters. The molecule has 4 aromatic rings. The molecular weight excluding hydrogens is 390 g/mol. The highest BCUT2D eigenvalue weighted by Gasteiger charge is 2.24. The number of hydrogen-bond acceptors (Lipinski definition) is 6. The number of H-pyrrole nitrogens is 1. The highest BCUT2D eigenvalue weighted by molar-refractivity contribution is 6.01. The van der Waals surface area contributed by atoms with Crippen LogP contribution in [0.5, 0.6) is 0 Å². The number of nitrogens with zero attached hydrogens (tertiary/aromatic N) is 5. The van der Waals surface area contributed by atoms with Gasteiger partial charge >= 0.3 is 0 Å². The summed E-state index contributed by atoms with van der Waals surface area (Å²) in [7, 11) is 0. The summed E-state index contributed by atoms with van der Waals surface area (Å²) in [6.07, 6.45) is 4.48. The molecule has 1 atom stereocenters. The third-order valence-corrected chi connectivity index (χ3v) is 5.24. The van der Waals surface area contributed by atoms with Crippen LogP contribution in [0.4, 0.5) is 14.6 Å². The predicted molar refractivity (Wildman–Crippen MR) is 108 cm³/mol. The minimum Gasteiger partial charge on any atom is -0.377 e. The summed E-state index contributed by atoms with van der Waals surface area (Å²) >= 11 is 0. The van der Waals surface area contributed by atoms with Crippen molar-refractivity contribution in [1.29, 1.82) is 0 Å². The Hall–Kier alpha value is -3.46. The molecule has 1 aliphatic rings. The summed E-state index contributed by atoms with van der Waals surface area (Å²) in [5, 5.41) is 7.60. The molecule has 0 amide bonds. The number of hydrogen-bond donors (Lipinski definition) is 1. The monoisotopic (exact) mass is 408 g/mol. The first kappa shape index (κ1) is 18.6. The lowest BCUT2D eigenvalue weighted by atomic mass is 10.0. The number of ether oxygens (including phenoxy) is 1. The molecule has 0 bridgehead atoms. The van der Waals surface area contributed by atoms with Crippen LogP contribution in [-0.2, 0) is 4.74 Å². The Kier molecular flexibility index (Phi) is 4.59. The lowest BCUT2D eigenvalue weighted by molar-refractivity contribution is 0.0986. The Morgan fingerprint density at radius 2 is 2.03 bits per heavy atom. The molecule has 0 radical (unpaired) electrons. The van der Waals surface area contributed by atoms with E-state index in [1.165, 1.54) is 6.20 Å². The highest BCUT2D eigenvalue weighted by Crippen LogP contribution is 2.36. The Bertz CT molecular complexity index is 1210. The number of morpholine rings is 1.